The van der Waals surface area contributed by atoms with Crippen LogP contribution in [0.3, 0.4) is 0 Å². The molecule has 5 nitrogen and oxygen atoms in total. The Bertz CT molecular complexity index is 938. The Kier molecular flexibility index (Phi) is 3.37. The zero-order valence-corrected chi connectivity index (χ0v) is 13.1. The van der Waals surface area contributed by atoms with Crippen molar-refractivity contribution in [3.63, 3.8) is 0 Å². The van der Waals surface area contributed by atoms with Crippen molar-refractivity contribution < 1.29 is 9.18 Å². The lowest BCUT2D eigenvalue weighted by molar-refractivity contribution is 0.0988. The number of hydrogen-bond acceptors (Lipinski definition) is 4. The van der Waals surface area contributed by atoms with E-state index in [1.54, 1.807) is 41.7 Å². The highest BCUT2D eigenvalue weighted by molar-refractivity contribution is 6.14. The minimum atomic E-state index is -0.312. The van der Waals surface area contributed by atoms with Crippen LogP contribution in [0.25, 0.3) is 10.9 Å². The van der Waals surface area contributed by atoms with E-state index in [4.69, 9.17) is 0 Å². The van der Waals surface area contributed by atoms with Crippen LogP contribution in [0.15, 0.2) is 48.9 Å². The molecule has 3 aromatic rings. The van der Waals surface area contributed by atoms with Crippen molar-refractivity contribution in [3.05, 3.63) is 60.3 Å². The fourth-order valence-corrected chi connectivity index (χ4v) is 3.05. The van der Waals surface area contributed by atoms with Crippen LogP contribution in [-0.2, 0) is 0 Å². The van der Waals surface area contributed by atoms with E-state index in [0.29, 0.717) is 35.4 Å². The number of pyridine rings is 2. The quantitative estimate of drug-likeness (QED) is 0.691. The number of amides is 1. The van der Waals surface area contributed by atoms with Gasteiger partial charge in [-0.3, -0.25) is 14.8 Å². The number of rotatable bonds is 1. The van der Waals surface area contributed by atoms with E-state index in [2.05, 4.69) is 9.97 Å². The summed E-state index contributed by atoms with van der Waals surface area (Å²) in [5.74, 6) is -0.440. The average molecular weight is 322 g/mol. The molecular formula is C18H15FN4O. The monoisotopic (exact) mass is 322 g/mol. The Morgan fingerprint density at radius 1 is 1.12 bits per heavy atom. The molecule has 0 fully saturated rings. The number of likely N-dealkylation sites (N-methyl/N-ethyl adjacent to an activating group) is 1. The van der Waals surface area contributed by atoms with Crippen molar-refractivity contribution in [2.75, 3.05) is 29.9 Å². The molecule has 0 unspecified atom stereocenters. The molecule has 120 valence electrons. The Labute approximate surface area is 138 Å². The summed E-state index contributed by atoms with van der Waals surface area (Å²) >= 11 is 0. The van der Waals surface area contributed by atoms with Gasteiger partial charge < -0.3 is 9.80 Å². The third-order valence-corrected chi connectivity index (χ3v) is 4.32. The van der Waals surface area contributed by atoms with Crippen LogP contribution in [0.5, 0.6) is 0 Å². The molecule has 1 aromatic carbocycles. The number of halogens is 1. The zero-order chi connectivity index (χ0) is 16.7. The van der Waals surface area contributed by atoms with Gasteiger partial charge in [0.15, 0.2) is 0 Å². The summed E-state index contributed by atoms with van der Waals surface area (Å²) in [6, 6.07) is 7.97. The highest BCUT2D eigenvalue weighted by Gasteiger charge is 2.27. The number of aromatic nitrogens is 2. The average Bonchev–Trinajstić information content (AvgIpc) is 2.61. The predicted octanol–water partition coefficient (Wildman–Crippen LogP) is 2.87. The third kappa shape index (κ3) is 2.27. The maximum Gasteiger partial charge on any atom is 0.259 e. The number of anilines is 2. The van der Waals surface area contributed by atoms with Crippen molar-refractivity contribution in [2.45, 2.75) is 0 Å². The molecule has 3 heterocycles. The van der Waals surface area contributed by atoms with E-state index in [9.17, 15) is 9.18 Å². The molecule has 0 atom stereocenters. The minimum absolute atomic E-state index is 0.128. The highest BCUT2D eigenvalue weighted by atomic mass is 19.1. The molecular weight excluding hydrogens is 307 g/mol. The second-order valence-electron chi connectivity index (χ2n) is 5.76. The first-order valence-electron chi connectivity index (χ1n) is 7.66. The number of carbonyl (C=O) groups excluding carboxylic acids is 1. The van der Waals surface area contributed by atoms with Gasteiger partial charge in [0.2, 0.25) is 0 Å². The summed E-state index contributed by atoms with van der Waals surface area (Å²) in [6.45, 7) is 1.18. The van der Waals surface area contributed by atoms with E-state index in [1.165, 1.54) is 12.1 Å². The number of nitrogens with zero attached hydrogens (tertiary/aromatic N) is 4. The Morgan fingerprint density at radius 3 is 2.88 bits per heavy atom. The normalized spacial score (nSPS) is 13.9. The smallest absolute Gasteiger partial charge is 0.259 e. The maximum atomic E-state index is 13.6. The van der Waals surface area contributed by atoms with Gasteiger partial charge in [-0.1, -0.05) is 0 Å². The number of hydrogen-bond donors (Lipinski definition) is 0. The van der Waals surface area contributed by atoms with Crippen molar-refractivity contribution in [1.82, 2.24) is 9.97 Å². The fraction of sp³-hybridized carbons (Fsp3) is 0.167. The summed E-state index contributed by atoms with van der Waals surface area (Å²) in [5.41, 5.74) is 2.70. The van der Waals surface area contributed by atoms with Crippen LogP contribution in [0, 0.1) is 5.82 Å². The summed E-state index contributed by atoms with van der Waals surface area (Å²) in [4.78, 5) is 25.1. The lowest BCUT2D eigenvalue weighted by atomic mass is 10.1. The van der Waals surface area contributed by atoms with Gasteiger partial charge in [-0.2, -0.15) is 0 Å². The first-order valence-corrected chi connectivity index (χ1v) is 7.66. The molecule has 0 N–H and O–H groups in total. The maximum absolute atomic E-state index is 13.6. The van der Waals surface area contributed by atoms with Crippen molar-refractivity contribution >= 4 is 28.2 Å². The first-order chi connectivity index (χ1) is 11.6. The molecule has 6 heteroatoms. The number of benzene rings is 1. The van der Waals surface area contributed by atoms with Crippen LogP contribution >= 0.6 is 0 Å². The third-order valence-electron chi connectivity index (χ3n) is 4.32. The van der Waals surface area contributed by atoms with Crippen LogP contribution in [0.4, 0.5) is 15.8 Å². The van der Waals surface area contributed by atoms with Crippen LogP contribution in [0.1, 0.15) is 10.4 Å². The van der Waals surface area contributed by atoms with Crippen LogP contribution in [0.2, 0.25) is 0 Å². The number of fused-ring (bicyclic) bond motifs is 2. The van der Waals surface area contributed by atoms with Gasteiger partial charge in [-0.25, -0.2) is 4.39 Å². The molecule has 4 rings (SSSR count). The summed E-state index contributed by atoms with van der Waals surface area (Å²) < 4.78 is 13.6. The van der Waals surface area contributed by atoms with Crippen LogP contribution < -0.4 is 9.80 Å². The molecule has 1 amide bonds. The summed E-state index contributed by atoms with van der Waals surface area (Å²) in [7, 11) is 1.89. The molecule has 1 aliphatic heterocycles. The molecule has 1 aliphatic rings. The molecule has 2 aromatic heterocycles. The summed E-state index contributed by atoms with van der Waals surface area (Å²) in [5, 5.41) is 0.715. The van der Waals surface area contributed by atoms with Crippen molar-refractivity contribution in [1.29, 1.82) is 0 Å². The van der Waals surface area contributed by atoms with Crippen molar-refractivity contribution in [2.24, 2.45) is 0 Å². The standard InChI is InChI=1S/C18H15FN4O/c1-22-8-9-23(16-3-2-12(19)10-17(16)22)18(24)13-4-7-21-15-5-6-20-11-14(13)15/h2-7,10-11H,8-9H2,1H3. The lowest BCUT2D eigenvalue weighted by Crippen LogP contribution is -2.42. The van der Waals surface area contributed by atoms with Crippen LogP contribution in [-0.4, -0.2) is 36.0 Å². The second kappa shape index (κ2) is 5.56. The molecule has 0 bridgehead atoms. The molecule has 0 saturated heterocycles. The topological polar surface area (TPSA) is 49.3 Å². The van der Waals surface area contributed by atoms with Gasteiger partial charge in [0, 0.05) is 44.1 Å². The molecule has 0 radical (unpaired) electrons. The zero-order valence-electron chi connectivity index (χ0n) is 13.1. The van der Waals surface area contributed by atoms with Gasteiger partial charge in [0.1, 0.15) is 5.82 Å². The largest absolute Gasteiger partial charge is 0.371 e. The Balaban J connectivity index is 1.82. The molecule has 24 heavy (non-hydrogen) atoms. The van der Waals surface area contributed by atoms with E-state index in [1.807, 2.05) is 11.9 Å². The number of carbonyl (C=O) groups is 1. The fourth-order valence-electron chi connectivity index (χ4n) is 3.05. The Hall–Kier alpha value is -3.02. The molecule has 0 spiro atoms. The molecule has 0 aliphatic carbocycles. The Morgan fingerprint density at radius 2 is 2.00 bits per heavy atom. The minimum Gasteiger partial charge on any atom is -0.371 e. The van der Waals surface area contributed by atoms with Gasteiger partial charge in [0.25, 0.3) is 5.91 Å². The van der Waals surface area contributed by atoms with Gasteiger partial charge in [-0.15, -0.1) is 0 Å². The van der Waals surface area contributed by atoms with Gasteiger partial charge in [-0.05, 0) is 30.3 Å². The summed E-state index contributed by atoms with van der Waals surface area (Å²) in [6.07, 6.45) is 4.92. The molecule has 0 saturated carbocycles. The van der Waals surface area contributed by atoms with E-state index < -0.39 is 0 Å². The highest BCUT2D eigenvalue weighted by Crippen LogP contribution is 2.34. The SMILES string of the molecule is CN1CCN(C(=O)c2ccnc3ccncc23)c2ccc(F)cc21. The van der Waals surface area contributed by atoms with Gasteiger partial charge >= 0.3 is 0 Å². The first kappa shape index (κ1) is 14.6. The van der Waals surface area contributed by atoms with Gasteiger partial charge in [0.05, 0.1) is 22.5 Å². The lowest BCUT2D eigenvalue weighted by Gasteiger charge is -2.35. The van der Waals surface area contributed by atoms with Crippen molar-refractivity contribution in [3.8, 4) is 0 Å². The second-order valence-corrected chi connectivity index (χ2v) is 5.76. The predicted molar refractivity (Wildman–Crippen MR) is 90.9 cm³/mol. The van der Waals surface area contributed by atoms with E-state index in [0.717, 1.165) is 5.52 Å². The van der Waals surface area contributed by atoms with E-state index >= 15 is 0 Å². The van der Waals surface area contributed by atoms with E-state index in [-0.39, 0.29) is 11.7 Å².